The largest absolute Gasteiger partial charge is 0.335 e. The summed E-state index contributed by atoms with van der Waals surface area (Å²) in [6.45, 7) is 3.73. The Hall–Kier alpha value is -1.27. The lowest BCUT2D eigenvalue weighted by molar-refractivity contribution is 0.177. The first-order valence-corrected chi connectivity index (χ1v) is 9.93. The van der Waals surface area contributed by atoms with Crippen LogP contribution in [-0.4, -0.2) is 49.0 Å². The molecule has 126 valence electrons. The van der Waals surface area contributed by atoms with E-state index in [1.54, 1.807) is 18.7 Å². The highest BCUT2D eigenvalue weighted by molar-refractivity contribution is 7.92. The van der Waals surface area contributed by atoms with Crippen LogP contribution in [0, 0.1) is 0 Å². The Morgan fingerprint density at radius 2 is 1.91 bits per heavy atom. The van der Waals surface area contributed by atoms with E-state index in [0.717, 1.165) is 6.42 Å². The third-order valence-electron chi connectivity index (χ3n) is 5.01. The summed E-state index contributed by atoms with van der Waals surface area (Å²) in [7, 11) is -3.08. The molecular weight excluding hydrogens is 336 g/mol. The van der Waals surface area contributed by atoms with Crippen molar-refractivity contribution in [1.29, 1.82) is 0 Å². The zero-order valence-corrected chi connectivity index (χ0v) is 14.8. The molecule has 1 aliphatic heterocycles. The van der Waals surface area contributed by atoms with Gasteiger partial charge in [-0.2, -0.15) is 0 Å². The smallest absolute Gasteiger partial charge is 0.317 e. The number of hydrogen-bond acceptors (Lipinski definition) is 3. The minimum Gasteiger partial charge on any atom is -0.335 e. The first kappa shape index (κ1) is 16.6. The average Bonchev–Trinajstić information content (AvgIpc) is 3.24. The van der Waals surface area contributed by atoms with Crippen molar-refractivity contribution in [2.24, 2.45) is 0 Å². The van der Waals surface area contributed by atoms with Gasteiger partial charge in [0.2, 0.25) is 0 Å². The van der Waals surface area contributed by atoms with Gasteiger partial charge >= 0.3 is 6.03 Å². The van der Waals surface area contributed by atoms with Crippen LogP contribution in [0.4, 0.5) is 4.79 Å². The van der Waals surface area contributed by atoms with Gasteiger partial charge in [-0.25, -0.2) is 13.2 Å². The molecule has 1 aliphatic carbocycles. The number of nitrogens with one attached hydrogen (secondary N) is 1. The van der Waals surface area contributed by atoms with Crippen molar-refractivity contribution in [1.82, 2.24) is 10.2 Å². The van der Waals surface area contributed by atoms with E-state index in [2.05, 4.69) is 5.32 Å². The maximum Gasteiger partial charge on any atom is 0.317 e. The fourth-order valence-electron chi connectivity index (χ4n) is 3.13. The molecule has 3 rings (SSSR count). The number of carbonyl (C=O) groups is 1. The molecule has 0 spiro atoms. The zero-order chi connectivity index (χ0) is 16.8. The van der Waals surface area contributed by atoms with Crippen LogP contribution in [0.1, 0.15) is 31.7 Å². The maximum absolute atomic E-state index is 12.4. The van der Waals surface area contributed by atoms with E-state index >= 15 is 0 Å². The molecule has 0 aromatic heterocycles. The van der Waals surface area contributed by atoms with E-state index in [9.17, 15) is 13.2 Å². The maximum atomic E-state index is 12.4. The summed E-state index contributed by atoms with van der Waals surface area (Å²) in [6.07, 6.45) is 0.906. The Labute approximate surface area is 141 Å². The van der Waals surface area contributed by atoms with Crippen LogP contribution in [-0.2, 0) is 9.84 Å². The number of nitrogens with zero attached hydrogens (tertiary/aromatic N) is 1. The molecule has 5 nitrogen and oxygen atoms in total. The van der Waals surface area contributed by atoms with Crippen LogP contribution < -0.4 is 5.32 Å². The Balaban J connectivity index is 1.59. The lowest BCUT2D eigenvalue weighted by Gasteiger charge is -2.37. The number of amides is 2. The van der Waals surface area contributed by atoms with Gasteiger partial charge in [0.1, 0.15) is 0 Å². The van der Waals surface area contributed by atoms with Gasteiger partial charge in [0.25, 0.3) is 0 Å². The first-order chi connectivity index (χ1) is 10.8. The summed E-state index contributed by atoms with van der Waals surface area (Å²) < 4.78 is 23.8. The summed E-state index contributed by atoms with van der Waals surface area (Å²) in [5, 5.41) is 3.21. The van der Waals surface area contributed by atoms with Gasteiger partial charge in [-0.15, -0.1) is 0 Å². The van der Waals surface area contributed by atoms with E-state index in [0.29, 0.717) is 10.9 Å². The third kappa shape index (κ3) is 3.33. The number of rotatable bonds is 2. The molecule has 2 amide bonds. The third-order valence-corrected chi connectivity index (χ3v) is 7.54. The molecular formula is C16H21ClN2O3S. The van der Waals surface area contributed by atoms with Crippen molar-refractivity contribution in [2.45, 2.75) is 43.5 Å². The van der Waals surface area contributed by atoms with Crippen molar-refractivity contribution in [3.8, 4) is 0 Å². The van der Waals surface area contributed by atoms with Crippen molar-refractivity contribution >= 4 is 27.5 Å². The van der Waals surface area contributed by atoms with Crippen molar-refractivity contribution in [3.63, 3.8) is 0 Å². The molecule has 1 heterocycles. The van der Waals surface area contributed by atoms with E-state index in [-0.39, 0.29) is 30.4 Å². The van der Waals surface area contributed by atoms with Gasteiger partial charge in [0, 0.05) is 29.6 Å². The van der Waals surface area contributed by atoms with Crippen LogP contribution in [0.15, 0.2) is 24.3 Å². The number of hydrogen-bond donors (Lipinski definition) is 1. The zero-order valence-electron chi connectivity index (χ0n) is 13.2. The Kier molecular flexibility index (Phi) is 4.31. The van der Waals surface area contributed by atoms with E-state index in [4.69, 9.17) is 11.6 Å². The first-order valence-electron chi connectivity index (χ1n) is 7.84. The predicted molar refractivity (Wildman–Crippen MR) is 90.5 cm³/mol. The molecule has 2 fully saturated rings. The van der Waals surface area contributed by atoms with E-state index in [1.807, 2.05) is 24.3 Å². The lowest BCUT2D eigenvalue weighted by atomic mass is 10.1. The number of halogens is 1. The van der Waals surface area contributed by atoms with Crippen molar-refractivity contribution < 1.29 is 13.2 Å². The fraction of sp³-hybridized carbons (Fsp3) is 0.562. The van der Waals surface area contributed by atoms with E-state index in [1.165, 1.54) is 5.56 Å². The minimum absolute atomic E-state index is 0.0389. The summed E-state index contributed by atoms with van der Waals surface area (Å²) >= 11 is 5.89. The molecule has 1 aromatic rings. The van der Waals surface area contributed by atoms with Gasteiger partial charge in [0.15, 0.2) is 9.84 Å². The van der Waals surface area contributed by atoms with Gasteiger partial charge in [-0.3, -0.25) is 0 Å². The normalized spacial score (nSPS) is 32.4. The van der Waals surface area contributed by atoms with E-state index < -0.39 is 15.1 Å². The lowest BCUT2D eigenvalue weighted by Crippen LogP contribution is -2.57. The quantitative estimate of drug-likeness (QED) is 0.884. The second kappa shape index (κ2) is 5.98. The van der Waals surface area contributed by atoms with Crippen LogP contribution in [0.2, 0.25) is 5.02 Å². The highest BCUT2D eigenvalue weighted by Gasteiger charge is 2.43. The molecule has 7 heteroatoms. The molecule has 4 atom stereocenters. The van der Waals surface area contributed by atoms with Crippen LogP contribution >= 0.6 is 11.6 Å². The molecule has 1 saturated heterocycles. The highest BCUT2D eigenvalue weighted by Crippen LogP contribution is 2.41. The second-order valence-electron chi connectivity index (χ2n) is 6.46. The van der Waals surface area contributed by atoms with Crippen LogP contribution in [0.3, 0.4) is 0 Å². The molecule has 0 bridgehead atoms. The molecule has 2 aliphatic rings. The number of sulfone groups is 1. The Morgan fingerprint density at radius 1 is 1.26 bits per heavy atom. The van der Waals surface area contributed by atoms with Crippen LogP contribution in [0.25, 0.3) is 0 Å². The molecule has 1 saturated carbocycles. The topological polar surface area (TPSA) is 66.5 Å². The molecule has 23 heavy (non-hydrogen) atoms. The molecule has 2 unspecified atom stereocenters. The summed E-state index contributed by atoms with van der Waals surface area (Å²) in [5.41, 5.74) is 1.17. The number of carbonyl (C=O) groups excluding carboxylic acids is 1. The number of benzene rings is 1. The second-order valence-corrected chi connectivity index (χ2v) is 9.37. The Bertz CT molecular complexity index is 705. The summed E-state index contributed by atoms with van der Waals surface area (Å²) in [5.74, 6) is 0.356. The highest BCUT2D eigenvalue weighted by atomic mass is 35.5. The van der Waals surface area contributed by atoms with Crippen molar-refractivity contribution in [3.05, 3.63) is 34.9 Å². The van der Waals surface area contributed by atoms with Gasteiger partial charge in [-0.1, -0.05) is 23.7 Å². The standard InChI is InChI=1S/C16H21ClN2O3S/c1-10-11(2)23(21,22)8-7-19(10)16(20)18-15-9-14(15)12-3-5-13(17)6-4-12/h3-6,10-11,14-15H,7-9H2,1-2H3,(H,18,20)/t10?,11?,14-,15+/m0/s1. The SMILES string of the molecule is CC1C(C)S(=O)(=O)CCN1C(=O)N[C@@H]1C[C@H]1c1ccc(Cl)cc1. The van der Waals surface area contributed by atoms with Crippen LogP contribution in [0.5, 0.6) is 0 Å². The van der Waals surface area contributed by atoms with Gasteiger partial charge in [-0.05, 0) is 38.0 Å². The molecule has 1 aromatic carbocycles. The Morgan fingerprint density at radius 3 is 2.57 bits per heavy atom. The summed E-state index contributed by atoms with van der Waals surface area (Å²) in [4.78, 5) is 14.1. The minimum atomic E-state index is -3.08. The predicted octanol–water partition coefficient (Wildman–Crippen LogP) is 2.41. The number of urea groups is 1. The monoisotopic (exact) mass is 356 g/mol. The average molecular weight is 357 g/mol. The molecule has 1 N–H and O–H groups in total. The molecule has 0 radical (unpaired) electrons. The van der Waals surface area contributed by atoms with Gasteiger partial charge in [0.05, 0.1) is 11.0 Å². The fourth-order valence-corrected chi connectivity index (χ4v) is 4.83. The van der Waals surface area contributed by atoms with Gasteiger partial charge < -0.3 is 10.2 Å². The summed E-state index contributed by atoms with van der Waals surface area (Å²) in [6, 6.07) is 7.32. The van der Waals surface area contributed by atoms with Crippen molar-refractivity contribution in [2.75, 3.05) is 12.3 Å².